The summed E-state index contributed by atoms with van der Waals surface area (Å²) in [6.07, 6.45) is 3.71. The summed E-state index contributed by atoms with van der Waals surface area (Å²) in [7, 11) is 0. The number of thiol groups is 1. The van der Waals surface area contributed by atoms with Gasteiger partial charge in [0.2, 0.25) is 0 Å². The Labute approximate surface area is 110 Å². The maximum Gasteiger partial charge on any atom is 0.119 e. The van der Waals surface area contributed by atoms with E-state index in [9.17, 15) is 0 Å². The van der Waals surface area contributed by atoms with Crippen molar-refractivity contribution in [2.45, 2.75) is 39.0 Å². The van der Waals surface area contributed by atoms with Crippen molar-refractivity contribution in [2.75, 3.05) is 12.4 Å². The summed E-state index contributed by atoms with van der Waals surface area (Å²) in [6, 6.07) is 8.56. The van der Waals surface area contributed by atoms with E-state index in [2.05, 4.69) is 50.7 Å². The van der Waals surface area contributed by atoms with Gasteiger partial charge in [0.05, 0.1) is 6.61 Å². The van der Waals surface area contributed by atoms with Crippen molar-refractivity contribution in [1.29, 1.82) is 0 Å². The molecule has 0 radical (unpaired) electrons. The van der Waals surface area contributed by atoms with Crippen molar-refractivity contribution in [1.82, 2.24) is 0 Å². The van der Waals surface area contributed by atoms with Crippen molar-refractivity contribution < 1.29 is 4.74 Å². The third kappa shape index (κ3) is 3.19. The number of rotatable bonds is 6. The van der Waals surface area contributed by atoms with Gasteiger partial charge in [-0.25, -0.2) is 0 Å². The quantitative estimate of drug-likeness (QED) is 0.741. The van der Waals surface area contributed by atoms with Gasteiger partial charge in [-0.1, -0.05) is 26.0 Å². The summed E-state index contributed by atoms with van der Waals surface area (Å²) in [5.74, 6) is 2.57. The van der Waals surface area contributed by atoms with Gasteiger partial charge < -0.3 is 4.74 Å². The van der Waals surface area contributed by atoms with Crippen LogP contribution in [-0.2, 0) is 0 Å². The fraction of sp³-hybridized carbons (Fsp3) is 0.600. The van der Waals surface area contributed by atoms with Crippen LogP contribution >= 0.6 is 12.6 Å². The molecule has 0 N–H and O–H groups in total. The molecule has 0 heterocycles. The highest BCUT2D eigenvalue weighted by molar-refractivity contribution is 7.80. The van der Waals surface area contributed by atoms with E-state index < -0.39 is 0 Å². The van der Waals surface area contributed by atoms with Gasteiger partial charge in [-0.3, -0.25) is 0 Å². The molecule has 1 aliphatic rings. The first-order valence-corrected chi connectivity index (χ1v) is 7.16. The zero-order valence-corrected chi connectivity index (χ0v) is 11.7. The van der Waals surface area contributed by atoms with Crippen LogP contribution in [0.5, 0.6) is 5.75 Å². The van der Waals surface area contributed by atoms with Crippen LogP contribution in [0, 0.1) is 5.41 Å². The Bertz CT molecular complexity index is 354. The Balaban J connectivity index is 1.90. The fourth-order valence-electron chi connectivity index (χ4n) is 1.89. The van der Waals surface area contributed by atoms with Crippen LogP contribution in [-0.4, -0.2) is 12.4 Å². The minimum absolute atomic E-state index is 0.374. The normalized spacial score (nSPS) is 18.8. The number of hydrogen-bond donors (Lipinski definition) is 1. The third-order valence-corrected chi connectivity index (χ3v) is 4.57. The topological polar surface area (TPSA) is 9.23 Å². The first-order chi connectivity index (χ1) is 8.19. The smallest absolute Gasteiger partial charge is 0.119 e. The lowest BCUT2D eigenvalue weighted by Crippen LogP contribution is -2.14. The predicted octanol–water partition coefficient (Wildman–Crippen LogP) is 4.29. The van der Waals surface area contributed by atoms with E-state index in [1.807, 2.05) is 0 Å². The molecule has 1 aromatic rings. The van der Waals surface area contributed by atoms with Crippen LogP contribution in [0.25, 0.3) is 0 Å². The van der Waals surface area contributed by atoms with E-state index in [0.29, 0.717) is 11.3 Å². The predicted molar refractivity (Wildman–Crippen MR) is 76.2 cm³/mol. The van der Waals surface area contributed by atoms with E-state index in [1.165, 1.54) is 24.8 Å². The molecular formula is C15H22OS. The summed E-state index contributed by atoms with van der Waals surface area (Å²) in [5.41, 5.74) is 1.77. The Morgan fingerprint density at radius 1 is 1.29 bits per heavy atom. The molecule has 2 rings (SSSR count). The van der Waals surface area contributed by atoms with Crippen molar-refractivity contribution >= 4 is 12.6 Å². The fourth-order valence-corrected chi connectivity index (χ4v) is 2.30. The van der Waals surface area contributed by atoms with E-state index in [-0.39, 0.29) is 0 Å². The molecule has 0 aliphatic heterocycles. The van der Waals surface area contributed by atoms with Gasteiger partial charge in [-0.2, -0.15) is 12.6 Å². The Hall–Kier alpha value is -0.630. The molecule has 94 valence electrons. The van der Waals surface area contributed by atoms with Gasteiger partial charge in [-0.05, 0) is 48.6 Å². The molecule has 0 aromatic heterocycles. The first kappa shape index (κ1) is 12.8. The summed E-state index contributed by atoms with van der Waals surface area (Å²) in [4.78, 5) is 0. The highest BCUT2D eigenvalue weighted by atomic mass is 32.1. The molecule has 1 aromatic carbocycles. The minimum Gasteiger partial charge on any atom is -0.493 e. The molecule has 0 amide bonds. The van der Waals surface area contributed by atoms with Gasteiger partial charge in [-0.15, -0.1) is 0 Å². The molecule has 1 fully saturated rings. The van der Waals surface area contributed by atoms with Crippen LogP contribution in [0.15, 0.2) is 24.3 Å². The lowest BCUT2D eigenvalue weighted by atomic mass is 9.99. The second-order valence-electron chi connectivity index (χ2n) is 5.33. The molecule has 0 spiro atoms. The molecule has 1 aliphatic carbocycles. The van der Waals surface area contributed by atoms with E-state index in [1.54, 1.807) is 0 Å². The van der Waals surface area contributed by atoms with Crippen molar-refractivity contribution in [3.05, 3.63) is 29.8 Å². The average molecular weight is 250 g/mol. The lowest BCUT2D eigenvalue weighted by molar-refractivity contribution is 0.250. The minimum atomic E-state index is 0.374. The third-order valence-electron chi connectivity index (χ3n) is 3.90. The largest absolute Gasteiger partial charge is 0.493 e. The Kier molecular flexibility index (Phi) is 4.03. The summed E-state index contributed by atoms with van der Waals surface area (Å²) in [5, 5.41) is 0. The van der Waals surface area contributed by atoms with Crippen LogP contribution < -0.4 is 4.74 Å². The van der Waals surface area contributed by atoms with Crippen LogP contribution in [0.3, 0.4) is 0 Å². The highest BCUT2D eigenvalue weighted by Crippen LogP contribution is 2.46. The van der Waals surface area contributed by atoms with Crippen LogP contribution in [0.1, 0.15) is 44.6 Å². The molecule has 0 bridgehead atoms. The Morgan fingerprint density at radius 3 is 2.41 bits per heavy atom. The maximum absolute atomic E-state index is 5.84. The van der Waals surface area contributed by atoms with Gasteiger partial charge in [0.1, 0.15) is 5.75 Å². The number of benzene rings is 1. The number of ether oxygens (including phenoxy) is 1. The molecule has 1 unspecified atom stereocenters. The molecular weight excluding hydrogens is 228 g/mol. The number of hydrogen-bond acceptors (Lipinski definition) is 2. The van der Waals surface area contributed by atoms with E-state index in [0.717, 1.165) is 18.1 Å². The second kappa shape index (κ2) is 5.34. The highest BCUT2D eigenvalue weighted by Gasteiger charge is 2.42. The standard InChI is InChI=1S/C15H22OS/c1-3-12(2)13-4-6-14(7-5-13)16-10-15(11-17)8-9-15/h4-7,12,17H,3,8-11H2,1-2H3. The zero-order valence-electron chi connectivity index (χ0n) is 10.8. The van der Waals surface area contributed by atoms with Gasteiger partial charge in [0, 0.05) is 5.41 Å². The molecule has 1 nitrogen and oxygen atoms in total. The maximum atomic E-state index is 5.84. The SMILES string of the molecule is CCC(C)c1ccc(OCC2(CS)CC2)cc1. The van der Waals surface area contributed by atoms with Crippen LogP contribution in [0.2, 0.25) is 0 Å². The van der Waals surface area contributed by atoms with Crippen molar-refractivity contribution in [2.24, 2.45) is 5.41 Å². The summed E-state index contributed by atoms with van der Waals surface area (Å²) in [6.45, 7) is 5.30. The summed E-state index contributed by atoms with van der Waals surface area (Å²) >= 11 is 4.39. The molecule has 1 saturated carbocycles. The van der Waals surface area contributed by atoms with E-state index >= 15 is 0 Å². The molecule has 2 heteroatoms. The molecule has 17 heavy (non-hydrogen) atoms. The Morgan fingerprint density at radius 2 is 1.94 bits per heavy atom. The zero-order chi connectivity index (χ0) is 12.3. The lowest BCUT2D eigenvalue weighted by Gasteiger charge is -2.14. The van der Waals surface area contributed by atoms with Gasteiger partial charge >= 0.3 is 0 Å². The second-order valence-corrected chi connectivity index (χ2v) is 5.64. The van der Waals surface area contributed by atoms with Gasteiger partial charge in [0.15, 0.2) is 0 Å². The summed E-state index contributed by atoms with van der Waals surface area (Å²) < 4.78 is 5.84. The molecule has 0 saturated heterocycles. The van der Waals surface area contributed by atoms with Gasteiger partial charge in [0.25, 0.3) is 0 Å². The van der Waals surface area contributed by atoms with Crippen LogP contribution in [0.4, 0.5) is 0 Å². The first-order valence-electron chi connectivity index (χ1n) is 6.53. The van der Waals surface area contributed by atoms with E-state index in [4.69, 9.17) is 4.74 Å². The van der Waals surface area contributed by atoms with Crippen molar-refractivity contribution in [3.8, 4) is 5.75 Å². The van der Waals surface area contributed by atoms with Crippen molar-refractivity contribution in [3.63, 3.8) is 0 Å². The average Bonchev–Trinajstić information content (AvgIpc) is 3.17. The molecule has 1 atom stereocenters. The monoisotopic (exact) mass is 250 g/mol.